The molecule has 20 heavy (non-hydrogen) atoms. The van der Waals surface area contributed by atoms with Gasteiger partial charge in [-0.05, 0) is 43.7 Å². The second-order valence-corrected chi connectivity index (χ2v) is 5.45. The lowest BCUT2D eigenvalue weighted by atomic mass is 9.87. The van der Waals surface area contributed by atoms with Crippen LogP contribution in [0.2, 0.25) is 0 Å². The topological polar surface area (TPSA) is 41.1 Å². The molecule has 0 radical (unpaired) electrons. The zero-order chi connectivity index (χ0) is 14.2. The molecule has 1 aliphatic rings. The van der Waals surface area contributed by atoms with E-state index in [2.05, 4.69) is 29.4 Å². The molecule has 0 saturated heterocycles. The summed E-state index contributed by atoms with van der Waals surface area (Å²) in [5, 5.41) is 5.81. The third-order valence-corrected chi connectivity index (χ3v) is 3.69. The van der Waals surface area contributed by atoms with E-state index in [0.29, 0.717) is 12.6 Å². The van der Waals surface area contributed by atoms with Crippen molar-refractivity contribution in [2.45, 2.75) is 38.6 Å². The number of amides is 2. The third kappa shape index (κ3) is 4.97. The van der Waals surface area contributed by atoms with E-state index in [1.165, 1.54) is 12.8 Å². The van der Waals surface area contributed by atoms with E-state index in [-0.39, 0.29) is 6.03 Å². The number of carbonyl (C=O) groups is 1. The smallest absolute Gasteiger partial charge is 0.315 e. The standard InChI is InChI=1S/C17H22N2O/c1-14-9-11-16(12-10-14)19-17(20)18-13-5-8-15-6-3-2-4-7-15/h2-4,6-7,14,16H,9-13H2,1H3,(H2,18,19,20). The van der Waals surface area contributed by atoms with Gasteiger partial charge in [-0.25, -0.2) is 4.79 Å². The maximum absolute atomic E-state index is 11.7. The molecule has 3 heteroatoms. The molecule has 0 aliphatic heterocycles. The summed E-state index contributed by atoms with van der Waals surface area (Å²) in [6.45, 7) is 2.65. The number of hydrogen-bond acceptors (Lipinski definition) is 1. The molecule has 2 amide bonds. The summed E-state index contributed by atoms with van der Waals surface area (Å²) >= 11 is 0. The van der Waals surface area contributed by atoms with Crippen LogP contribution < -0.4 is 10.6 Å². The van der Waals surface area contributed by atoms with Crippen molar-refractivity contribution in [3.05, 3.63) is 35.9 Å². The highest BCUT2D eigenvalue weighted by Crippen LogP contribution is 2.23. The van der Waals surface area contributed by atoms with Crippen molar-refractivity contribution in [1.29, 1.82) is 0 Å². The van der Waals surface area contributed by atoms with Crippen LogP contribution in [0.25, 0.3) is 0 Å². The fraction of sp³-hybridized carbons (Fsp3) is 0.471. The largest absolute Gasteiger partial charge is 0.335 e. The Morgan fingerprint density at radius 3 is 2.60 bits per heavy atom. The molecule has 0 spiro atoms. The lowest BCUT2D eigenvalue weighted by Gasteiger charge is -2.26. The van der Waals surface area contributed by atoms with Gasteiger partial charge < -0.3 is 10.6 Å². The van der Waals surface area contributed by atoms with Crippen molar-refractivity contribution in [3.63, 3.8) is 0 Å². The zero-order valence-corrected chi connectivity index (χ0v) is 12.0. The number of nitrogens with one attached hydrogen (secondary N) is 2. The highest BCUT2D eigenvalue weighted by Gasteiger charge is 2.19. The number of carbonyl (C=O) groups excluding carboxylic acids is 1. The number of hydrogen-bond donors (Lipinski definition) is 2. The van der Waals surface area contributed by atoms with E-state index in [0.717, 1.165) is 24.3 Å². The van der Waals surface area contributed by atoms with E-state index in [9.17, 15) is 4.79 Å². The van der Waals surface area contributed by atoms with Crippen LogP contribution in [0.1, 0.15) is 38.2 Å². The summed E-state index contributed by atoms with van der Waals surface area (Å²) in [5.41, 5.74) is 0.968. The van der Waals surface area contributed by atoms with Crippen molar-refractivity contribution in [2.24, 2.45) is 5.92 Å². The van der Waals surface area contributed by atoms with Crippen molar-refractivity contribution < 1.29 is 4.79 Å². The van der Waals surface area contributed by atoms with Gasteiger partial charge in [-0.1, -0.05) is 37.0 Å². The van der Waals surface area contributed by atoms with Gasteiger partial charge in [0.1, 0.15) is 0 Å². The lowest BCUT2D eigenvalue weighted by molar-refractivity contribution is 0.229. The lowest BCUT2D eigenvalue weighted by Crippen LogP contribution is -2.43. The number of urea groups is 1. The summed E-state index contributed by atoms with van der Waals surface area (Å²) in [5.74, 6) is 6.77. The first-order valence-electron chi connectivity index (χ1n) is 7.32. The molecular formula is C17H22N2O. The van der Waals surface area contributed by atoms with Crippen molar-refractivity contribution in [3.8, 4) is 11.8 Å². The minimum atomic E-state index is -0.105. The Labute approximate surface area is 121 Å². The molecule has 1 aromatic rings. The highest BCUT2D eigenvalue weighted by atomic mass is 16.2. The van der Waals surface area contributed by atoms with Gasteiger partial charge in [-0.15, -0.1) is 0 Å². The first-order valence-corrected chi connectivity index (χ1v) is 7.32. The zero-order valence-electron chi connectivity index (χ0n) is 12.0. The predicted molar refractivity (Wildman–Crippen MR) is 81.3 cm³/mol. The second-order valence-electron chi connectivity index (χ2n) is 5.45. The van der Waals surface area contributed by atoms with Crippen molar-refractivity contribution in [1.82, 2.24) is 10.6 Å². The fourth-order valence-electron chi connectivity index (χ4n) is 2.43. The molecule has 1 aromatic carbocycles. The Kier molecular flexibility index (Phi) is 5.49. The van der Waals surface area contributed by atoms with Gasteiger partial charge in [-0.3, -0.25) is 0 Å². The summed E-state index contributed by atoms with van der Waals surface area (Å²) in [6, 6.07) is 10.00. The summed E-state index contributed by atoms with van der Waals surface area (Å²) in [4.78, 5) is 11.7. The van der Waals surface area contributed by atoms with Crippen LogP contribution in [0.5, 0.6) is 0 Å². The van der Waals surface area contributed by atoms with E-state index in [4.69, 9.17) is 0 Å². The fourth-order valence-corrected chi connectivity index (χ4v) is 2.43. The Morgan fingerprint density at radius 2 is 1.90 bits per heavy atom. The van der Waals surface area contributed by atoms with E-state index in [1.807, 2.05) is 30.3 Å². The van der Waals surface area contributed by atoms with Gasteiger partial charge in [0.25, 0.3) is 0 Å². The second kappa shape index (κ2) is 7.59. The van der Waals surface area contributed by atoms with E-state index < -0.39 is 0 Å². The average Bonchev–Trinajstić information content (AvgIpc) is 2.47. The number of rotatable bonds is 2. The van der Waals surface area contributed by atoms with E-state index in [1.54, 1.807) is 0 Å². The summed E-state index contributed by atoms with van der Waals surface area (Å²) in [6.07, 6.45) is 4.59. The molecule has 0 atom stereocenters. The van der Waals surface area contributed by atoms with Gasteiger partial charge in [0.05, 0.1) is 6.54 Å². The van der Waals surface area contributed by atoms with Gasteiger partial charge in [0.2, 0.25) is 0 Å². The van der Waals surface area contributed by atoms with Gasteiger partial charge in [0.15, 0.2) is 0 Å². The molecule has 0 aromatic heterocycles. The van der Waals surface area contributed by atoms with Gasteiger partial charge in [-0.2, -0.15) is 0 Å². The molecule has 0 unspecified atom stereocenters. The van der Waals surface area contributed by atoms with Crippen molar-refractivity contribution in [2.75, 3.05) is 6.54 Å². The molecule has 1 aliphatic carbocycles. The molecule has 1 saturated carbocycles. The molecule has 0 heterocycles. The molecular weight excluding hydrogens is 248 g/mol. The molecule has 1 fully saturated rings. The number of benzene rings is 1. The van der Waals surface area contributed by atoms with Gasteiger partial charge >= 0.3 is 6.03 Å². The Bertz CT molecular complexity index is 479. The normalized spacial score (nSPS) is 21.4. The monoisotopic (exact) mass is 270 g/mol. The molecule has 2 rings (SSSR count). The minimum absolute atomic E-state index is 0.105. The molecule has 0 bridgehead atoms. The predicted octanol–water partition coefficient (Wildman–Crippen LogP) is 2.92. The third-order valence-electron chi connectivity index (χ3n) is 3.69. The van der Waals surface area contributed by atoms with Crippen LogP contribution >= 0.6 is 0 Å². The Balaban J connectivity index is 1.67. The first-order chi connectivity index (χ1) is 9.74. The summed E-state index contributed by atoms with van der Waals surface area (Å²) in [7, 11) is 0. The SMILES string of the molecule is CC1CCC(NC(=O)NCC#Cc2ccccc2)CC1. The Hall–Kier alpha value is -1.95. The van der Waals surface area contributed by atoms with Crippen LogP contribution in [-0.4, -0.2) is 18.6 Å². The quantitative estimate of drug-likeness (QED) is 0.797. The molecule has 3 nitrogen and oxygen atoms in total. The maximum Gasteiger partial charge on any atom is 0.315 e. The molecule has 2 N–H and O–H groups in total. The van der Waals surface area contributed by atoms with Crippen LogP contribution in [0, 0.1) is 17.8 Å². The average molecular weight is 270 g/mol. The first kappa shape index (κ1) is 14.5. The maximum atomic E-state index is 11.7. The van der Waals surface area contributed by atoms with Crippen LogP contribution in [0.4, 0.5) is 4.79 Å². The highest BCUT2D eigenvalue weighted by molar-refractivity contribution is 5.74. The minimum Gasteiger partial charge on any atom is -0.335 e. The van der Waals surface area contributed by atoms with Crippen LogP contribution in [-0.2, 0) is 0 Å². The van der Waals surface area contributed by atoms with Crippen LogP contribution in [0.15, 0.2) is 30.3 Å². The van der Waals surface area contributed by atoms with Crippen LogP contribution in [0.3, 0.4) is 0 Å². The van der Waals surface area contributed by atoms with E-state index >= 15 is 0 Å². The van der Waals surface area contributed by atoms with Crippen molar-refractivity contribution >= 4 is 6.03 Å². The van der Waals surface area contributed by atoms with Gasteiger partial charge in [0, 0.05) is 11.6 Å². The molecule has 106 valence electrons. The Morgan fingerprint density at radius 1 is 1.20 bits per heavy atom. The summed E-state index contributed by atoms with van der Waals surface area (Å²) < 4.78 is 0.